The second kappa shape index (κ2) is 9.56. The van der Waals surface area contributed by atoms with Crippen molar-refractivity contribution in [2.45, 2.75) is 19.4 Å². The monoisotopic (exact) mass is 534 g/mol. The van der Waals surface area contributed by atoms with E-state index in [0.29, 0.717) is 46.7 Å². The van der Waals surface area contributed by atoms with E-state index in [1.807, 2.05) is 13.2 Å². The van der Waals surface area contributed by atoms with Crippen LogP contribution < -0.4 is 4.72 Å². The van der Waals surface area contributed by atoms with Gasteiger partial charge in [-0.15, -0.1) is 0 Å². The fourth-order valence-corrected chi connectivity index (χ4v) is 7.91. The molecule has 0 spiro atoms. The normalized spacial score (nSPS) is 18.9. The molecule has 4 heterocycles. The van der Waals surface area contributed by atoms with Crippen molar-refractivity contribution in [3.63, 3.8) is 0 Å². The van der Waals surface area contributed by atoms with Crippen LogP contribution in [0.25, 0.3) is 33.7 Å². The third kappa shape index (κ3) is 5.44. The minimum Gasteiger partial charge on any atom is -0.336 e. The molecule has 13 heteroatoms. The van der Waals surface area contributed by atoms with Crippen LogP contribution in [0.3, 0.4) is 0 Å². The molecular formula is C23H27FN6O4S2. The standard InChI is InChI=1S/C23H27FN6O4S2/c1-30-12-18(10-26-30)22-28-21-19(6-7-25-23(21)29-22)16-4-5-17(20(24)9-16)11-27-36(33,34)14-15-3-2-8-35(31,32)13-15/h4-7,9-10,12,15,27,31-32H,2-3,8,11,13-14H2,1H3,(H,25,28,29). The van der Waals surface area contributed by atoms with Crippen LogP contribution in [0.1, 0.15) is 18.4 Å². The van der Waals surface area contributed by atoms with Crippen molar-refractivity contribution in [3.8, 4) is 22.5 Å². The molecule has 0 amide bonds. The number of hydrogen-bond acceptors (Lipinski definition) is 7. The molecule has 0 aliphatic carbocycles. The second-order valence-corrected chi connectivity index (χ2v) is 13.3. The number of pyridine rings is 1. The number of aromatic amines is 1. The zero-order valence-electron chi connectivity index (χ0n) is 19.6. The third-order valence-electron chi connectivity index (χ3n) is 6.26. The van der Waals surface area contributed by atoms with Crippen LogP contribution in [0.4, 0.5) is 4.39 Å². The molecule has 1 aliphatic rings. The van der Waals surface area contributed by atoms with Crippen LogP contribution in [0.5, 0.6) is 0 Å². The Labute approximate surface area is 209 Å². The van der Waals surface area contributed by atoms with Gasteiger partial charge in [0.05, 0.1) is 23.0 Å². The predicted octanol–water partition coefficient (Wildman–Crippen LogP) is 3.74. The molecule has 0 radical (unpaired) electrons. The van der Waals surface area contributed by atoms with Gasteiger partial charge in [-0.1, -0.05) is 12.1 Å². The van der Waals surface area contributed by atoms with Gasteiger partial charge >= 0.3 is 0 Å². The molecule has 1 unspecified atom stereocenters. The summed E-state index contributed by atoms with van der Waals surface area (Å²) in [6.45, 7) is -0.196. The van der Waals surface area contributed by atoms with Gasteiger partial charge in [0.1, 0.15) is 11.6 Å². The van der Waals surface area contributed by atoms with Gasteiger partial charge in [0.25, 0.3) is 0 Å². The van der Waals surface area contributed by atoms with Crippen molar-refractivity contribution in [3.05, 3.63) is 54.2 Å². The Morgan fingerprint density at radius 2 is 2.11 bits per heavy atom. The number of aryl methyl sites for hydroxylation is 1. The fourth-order valence-electron chi connectivity index (χ4n) is 4.53. The van der Waals surface area contributed by atoms with Crippen molar-refractivity contribution >= 4 is 31.8 Å². The number of H-pyrrole nitrogens is 1. The maximum absolute atomic E-state index is 15.0. The van der Waals surface area contributed by atoms with E-state index in [2.05, 4.69) is 24.8 Å². The molecule has 0 bridgehead atoms. The number of halogens is 1. The minimum atomic E-state index is -3.71. The summed E-state index contributed by atoms with van der Waals surface area (Å²) in [5.41, 5.74) is 3.46. The predicted molar refractivity (Wildman–Crippen MR) is 137 cm³/mol. The number of benzene rings is 1. The summed E-state index contributed by atoms with van der Waals surface area (Å²) in [6.07, 6.45) is 6.32. The molecule has 1 fully saturated rings. The summed E-state index contributed by atoms with van der Waals surface area (Å²) in [6, 6.07) is 6.40. The fraction of sp³-hybridized carbons (Fsp3) is 0.348. The lowest BCUT2D eigenvalue weighted by molar-refractivity contribution is 0.437. The molecule has 1 aromatic carbocycles. The van der Waals surface area contributed by atoms with Gasteiger partial charge in [0.2, 0.25) is 10.0 Å². The zero-order chi connectivity index (χ0) is 25.5. The molecule has 10 nitrogen and oxygen atoms in total. The number of aromatic nitrogens is 5. The SMILES string of the molecule is Cn1cc(-c2nc3nccc(-c4ccc(CNS(=O)(=O)CC5CCCS(O)(O)C5)c(F)c4)c3[nH]2)cn1. The lowest BCUT2D eigenvalue weighted by atomic mass is 10.0. The van der Waals surface area contributed by atoms with E-state index in [0.717, 1.165) is 5.56 Å². The first-order chi connectivity index (χ1) is 17.1. The number of nitrogens with one attached hydrogen (secondary N) is 2. The summed E-state index contributed by atoms with van der Waals surface area (Å²) in [5.74, 6) is -0.0671. The van der Waals surface area contributed by atoms with E-state index in [9.17, 15) is 21.9 Å². The molecule has 5 rings (SSSR count). The van der Waals surface area contributed by atoms with Crippen LogP contribution in [-0.4, -0.2) is 59.5 Å². The first-order valence-electron chi connectivity index (χ1n) is 11.4. The molecule has 36 heavy (non-hydrogen) atoms. The largest absolute Gasteiger partial charge is 0.336 e. The van der Waals surface area contributed by atoms with Gasteiger partial charge in [-0.3, -0.25) is 13.8 Å². The maximum Gasteiger partial charge on any atom is 0.212 e. The Balaban J connectivity index is 1.32. The molecule has 0 saturated carbocycles. The van der Waals surface area contributed by atoms with Crippen LogP contribution in [0, 0.1) is 11.7 Å². The zero-order valence-corrected chi connectivity index (χ0v) is 21.2. The van der Waals surface area contributed by atoms with Crippen LogP contribution in [-0.2, 0) is 23.6 Å². The van der Waals surface area contributed by atoms with Gasteiger partial charge in [0.15, 0.2) is 5.65 Å². The smallest absolute Gasteiger partial charge is 0.212 e. The van der Waals surface area contributed by atoms with Gasteiger partial charge < -0.3 is 4.98 Å². The molecule has 1 aliphatic heterocycles. The Bertz CT molecular complexity index is 1520. The number of hydrogen-bond donors (Lipinski definition) is 4. The molecule has 4 aromatic rings. The first-order valence-corrected chi connectivity index (χ1v) is 15.0. The number of sulfonamides is 1. The summed E-state index contributed by atoms with van der Waals surface area (Å²) in [5, 5.41) is 4.16. The Kier molecular flexibility index (Phi) is 6.59. The highest BCUT2D eigenvalue weighted by molar-refractivity contribution is 8.24. The Morgan fingerprint density at radius 3 is 2.83 bits per heavy atom. The average molecular weight is 535 g/mol. The van der Waals surface area contributed by atoms with Gasteiger partial charge in [-0.2, -0.15) is 15.7 Å². The van der Waals surface area contributed by atoms with Crippen molar-refractivity contribution in [1.29, 1.82) is 0 Å². The number of imidazole rings is 1. The van der Waals surface area contributed by atoms with Crippen LogP contribution in [0.15, 0.2) is 42.9 Å². The highest BCUT2D eigenvalue weighted by Gasteiger charge is 2.29. The van der Waals surface area contributed by atoms with E-state index in [-0.39, 0.29) is 29.5 Å². The van der Waals surface area contributed by atoms with Gasteiger partial charge in [0, 0.05) is 48.6 Å². The average Bonchev–Trinajstić information content (AvgIpc) is 3.43. The van der Waals surface area contributed by atoms with E-state index in [4.69, 9.17) is 0 Å². The van der Waals surface area contributed by atoms with Crippen molar-refractivity contribution < 1.29 is 21.9 Å². The van der Waals surface area contributed by atoms with Crippen molar-refractivity contribution in [2.24, 2.45) is 13.0 Å². The number of nitrogens with zero attached hydrogens (tertiary/aromatic N) is 4. The minimum absolute atomic E-state index is 0.0907. The molecule has 3 aromatic heterocycles. The quantitative estimate of drug-likeness (QED) is 0.282. The number of fused-ring (bicyclic) bond motifs is 1. The summed E-state index contributed by atoms with van der Waals surface area (Å²) < 4.78 is 64.0. The highest BCUT2D eigenvalue weighted by atomic mass is 32.3. The van der Waals surface area contributed by atoms with E-state index >= 15 is 0 Å². The van der Waals surface area contributed by atoms with Crippen molar-refractivity contribution in [1.82, 2.24) is 29.5 Å². The molecule has 1 saturated heterocycles. The van der Waals surface area contributed by atoms with E-state index in [1.165, 1.54) is 6.07 Å². The third-order valence-corrected chi connectivity index (χ3v) is 9.70. The molecule has 192 valence electrons. The molecule has 1 atom stereocenters. The second-order valence-electron chi connectivity index (χ2n) is 9.14. The van der Waals surface area contributed by atoms with E-state index < -0.39 is 26.4 Å². The maximum atomic E-state index is 15.0. The van der Waals surface area contributed by atoms with Gasteiger partial charge in [-0.05, 0) is 36.5 Å². The Hall–Kier alpha value is -2.84. The topological polar surface area (TPSA) is 146 Å². The Morgan fingerprint density at radius 1 is 1.28 bits per heavy atom. The highest BCUT2D eigenvalue weighted by Crippen LogP contribution is 2.46. The lowest BCUT2D eigenvalue weighted by Crippen LogP contribution is -2.34. The first kappa shape index (κ1) is 24.8. The lowest BCUT2D eigenvalue weighted by Gasteiger charge is -2.39. The summed E-state index contributed by atoms with van der Waals surface area (Å²) in [7, 11) is -4.61. The van der Waals surface area contributed by atoms with Crippen molar-refractivity contribution in [2.75, 3.05) is 17.3 Å². The van der Waals surface area contributed by atoms with Crippen LogP contribution in [0.2, 0.25) is 0 Å². The summed E-state index contributed by atoms with van der Waals surface area (Å²) >= 11 is 0. The van der Waals surface area contributed by atoms with E-state index in [1.54, 1.807) is 35.3 Å². The molecular weight excluding hydrogens is 507 g/mol. The molecule has 4 N–H and O–H groups in total. The summed E-state index contributed by atoms with van der Waals surface area (Å²) in [4.78, 5) is 12.1. The van der Waals surface area contributed by atoms with Crippen LogP contribution >= 0.6 is 10.6 Å². The number of rotatable bonds is 7. The van der Waals surface area contributed by atoms with Gasteiger partial charge in [-0.25, -0.2) is 27.5 Å².